The molecule has 0 radical (unpaired) electrons. The minimum Gasteiger partial charge on any atom is -0.477 e. The van der Waals surface area contributed by atoms with Gasteiger partial charge in [0.2, 0.25) is 0 Å². The molecule has 6 nitrogen and oxygen atoms in total. The summed E-state index contributed by atoms with van der Waals surface area (Å²) in [5.74, 6) is -0.514. The summed E-state index contributed by atoms with van der Waals surface area (Å²) in [6, 6.07) is 3.81. The molecular formula is C12H12BrClFN3O3P+. The number of methoxy groups -OCH3 is 1. The molecule has 1 atom stereocenters. The second-order valence-corrected chi connectivity index (χ2v) is 6.02. The molecule has 0 amide bonds. The van der Waals surface area contributed by atoms with E-state index in [4.69, 9.17) is 16.3 Å². The molecule has 2 rings (SSSR count). The lowest BCUT2D eigenvalue weighted by Crippen LogP contribution is -2.49. The number of hydrogen-bond donors (Lipinski definition) is 3. The van der Waals surface area contributed by atoms with Crippen LogP contribution in [0.1, 0.15) is 0 Å². The van der Waals surface area contributed by atoms with Crippen molar-refractivity contribution in [2.24, 2.45) is 0 Å². The van der Waals surface area contributed by atoms with Gasteiger partial charge in [0.15, 0.2) is 0 Å². The second-order valence-electron chi connectivity index (χ2n) is 4.22. The van der Waals surface area contributed by atoms with E-state index in [1.54, 1.807) is 0 Å². The van der Waals surface area contributed by atoms with Crippen LogP contribution in [0.4, 0.5) is 15.8 Å². The van der Waals surface area contributed by atoms with Crippen molar-refractivity contribution in [2.75, 3.05) is 12.5 Å². The van der Waals surface area contributed by atoms with Gasteiger partial charge < -0.3 is 4.74 Å². The predicted molar refractivity (Wildman–Crippen MR) is 88.2 cm³/mol. The summed E-state index contributed by atoms with van der Waals surface area (Å²) >= 11 is 8.89. The lowest BCUT2D eigenvalue weighted by molar-refractivity contribution is -0.273. The Morgan fingerprint density at radius 3 is 2.77 bits per heavy atom. The molecule has 1 aromatic heterocycles. The third kappa shape index (κ3) is 3.48. The molecule has 3 N–H and O–H groups in total. The van der Waals surface area contributed by atoms with Crippen molar-refractivity contribution in [3.63, 3.8) is 0 Å². The normalized spacial score (nSPS) is 11.4. The average Bonchev–Trinajstić information content (AvgIpc) is 2.48. The number of ether oxygens (including phenoxy) is 1. The highest BCUT2D eigenvalue weighted by molar-refractivity contribution is 9.10. The van der Waals surface area contributed by atoms with Gasteiger partial charge >= 0.3 is 0 Å². The fourth-order valence-corrected chi connectivity index (χ4v) is 2.49. The van der Waals surface area contributed by atoms with Crippen LogP contribution in [0, 0.1) is 5.82 Å². The number of hydrogen-bond acceptors (Lipinski definition) is 5. The van der Waals surface area contributed by atoms with Crippen LogP contribution in [0.15, 0.2) is 28.9 Å². The molecule has 118 valence electrons. The van der Waals surface area contributed by atoms with Gasteiger partial charge in [0.1, 0.15) is 11.5 Å². The van der Waals surface area contributed by atoms with E-state index in [1.165, 1.54) is 31.5 Å². The van der Waals surface area contributed by atoms with E-state index >= 15 is 0 Å². The van der Waals surface area contributed by atoms with Crippen molar-refractivity contribution in [1.29, 1.82) is 0 Å². The maximum Gasteiger partial charge on any atom is 0.290 e. The van der Waals surface area contributed by atoms with Crippen LogP contribution in [0.3, 0.4) is 0 Å². The lowest BCUT2D eigenvalue weighted by atomic mass is 10.3. The molecule has 0 saturated heterocycles. The topological polar surface area (TPSA) is 74.6 Å². The summed E-state index contributed by atoms with van der Waals surface area (Å²) in [7, 11) is 3.63. The fourth-order valence-electron chi connectivity index (χ4n) is 1.69. The number of rotatable bonds is 4. The Morgan fingerprint density at radius 2 is 2.14 bits per heavy atom. The highest BCUT2D eigenvalue weighted by atomic mass is 79.9. The maximum absolute atomic E-state index is 13.4. The fraction of sp³-hybridized carbons (Fsp3) is 0.0833. The van der Waals surface area contributed by atoms with Crippen molar-refractivity contribution in [3.05, 3.63) is 39.7 Å². The number of benzene rings is 1. The van der Waals surface area contributed by atoms with Gasteiger partial charge in [-0.1, -0.05) is 11.6 Å². The van der Waals surface area contributed by atoms with E-state index in [0.29, 0.717) is 5.30 Å². The first-order valence-electron chi connectivity index (χ1n) is 5.82. The van der Waals surface area contributed by atoms with E-state index in [-0.39, 0.29) is 26.8 Å². The Balaban J connectivity index is 2.44. The smallest absolute Gasteiger partial charge is 0.290 e. The molecule has 0 spiro atoms. The van der Waals surface area contributed by atoms with Gasteiger partial charge in [-0.2, -0.15) is 5.43 Å². The zero-order valence-corrected chi connectivity index (χ0v) is 14.7. The van der Waals surface area contributed by atoms with Crippen molar-refractivity contribution in [3.8, 4) is 5.88 Å². The molecule has 0 aliphatic rings. The van der Waals surface area contributed by atoms with Crippen LogP contribution < -0.4 is 20.4 Å². The highest BCUT2D eigenvalue weighted by Gasteiger charge is 2.34. The van der Waals surface area contributed by atoms with Gasteiger partial charge in [0.05, 0.1) is 21.5 Å². The first-order chi connectivity index (χ1) is 10.3. The zero-order valence-electron chi connectivity index (χ0n) is 11.2. The van der Waals surface area contributed by atoms with Gasteiger partial charge in [-0.3, -0.25) is 0 Å². The van der Waals surface area contributed by atoms with E-state index in [0.717, 1.165) is 0 Å². The molecule has 0 aliphatic heterocycles. The number of quaternary nitrogens is 1. The van der Waals surface area contributed by atoms with Crippen LogP contribution in [0.5, 0.6) is 5.88 Å². The molecule has 10 heteroatoms. The minimum atomic E-state index is -1.78. The Hall–Kier alpha value is -1.02. The third-order valence-electron chi connectivity index (χ3n) is 2.74. The quantitative estimate of drug-likeness (QED) is 0.409. The van der Waals surface area contributed by atoms with Crippen molar-refractivity contribution >= 4 is 53.5 Å². The monoisotopic (exact) mass is 410 g/mol. The maximum atomic E-state index is 13.4. The number of nitrogens with zero attached hydrogens (tertiary/aromatic N) is 2. The second kappa shape index (κ2) is 6.62. The first kappa shape index (κ1) is 17.3. The Bertz CT molecular complexity index is 720. The van der Waals surface area contributed by atoms with E-state index in [1.807, 2.05) is 0 Å². The first-order valence-corrected chi connectivity index (χ1v) is 7.57. The van der Waals surface area contributed by atoms with Crippen molar-refractivity contribution in [1.82, 2.24) is 9.90 Å². The van der Waals surface area contributed by atoms with Gasteiger partial charge in [0.25, 0.3) is 11.6 Å². The molecule has 22 heavy (non-hydrogen) atoms. The van der Waals surface area contributed by atoms with Crippen LogP contribution in [0.2, 0.25) is 5.02 Å². The number of aromatic nitrogens is 1. The summed E-state index contributed by atoms with van der Waals surface area (Å²) in [6.07, 6.45) is 1.31. The summed E-state index contributed by atoms with van der Waals surface area (Å²) in [6.45, 7) is 0. The van der Waals surface area contributed by atoms with Crippen LogP contribution in [-0.4, -0.2) is 22.5 Å². The zero-order chi connectivity index (χ0) is 16.5. The minimum absolute atomic E-state index is 0.0339. The Labute approximate surface area is 141 Å². The molecule has 1 heterocycles. The summed E-state index contributed by atoms with van der Waals surface area (Å²) in [5, 5.41) is 21.1. The summed E-state index contributed by atoms with van der Waals surface area (Å²) < 4.78 is 18.6. The molecule has 1 unspecified atom stereocenters. The molecule has 0 fully saturated rings. The van der Waals surface area contributed by atoms with Gasteiger partial charge in [-0.05, 0) is 28.1 Å². The van der Waals surface area contributed by atoms with Crippen LogP contribution in [-0.2, 0) is 0 Å². The number of pyridine rings is 1. The standard InChI is InChI=1S/C12H12BrClFN3O3P/c1-21-12-9(4-6(14)5-16-12)18(19,20)17-8-3-2-7(15)10(13)11(8)22/h2-5,17,19-20H,22H2,1H3/q+1. The van der Waals surface area contributed by atoms with E-state index < -0.39 is 10.7 Å². The molecule has 2 aromatic rings. The average molecular weight is 412 g/mol. The number of nitrogens with one attached hydrogen (secondary N) is 1. The molecule has 1 aromatic carbocycles. The van der Waals surface area contributed by atoms with Gasteiger partial charge in [0, 0.05) is 17.6 Å². The van der Waals surface area contributed by atoms with Gasteiger partial charge in [-0.25, -0.2) is 9.37 Å². The highest BCUT2D eigenvalue weighted by Crippen LogP contribution is 2.32. The summed E-state index contributed by atoms with van der Waals surface area (Å²) in [4.78, 5) is 2.07. The summed E-state index contributed by atoms with van der Waals surface area (Å²) in [5.41, 5.74) is 2.54. The molecule has 0 saturated carbocycles. The Morgan fingerprint density at radius 1 is 1.45 bits per heavy atom. The van der Waals surface area contributed by atoms with Crippen molar-refractivity contribution in [2.45, 2.75) is 0 Å². The number of halogens is 3. The molecular weight excluding hydrogens is 399 g/mol. The SMILES string of the molecule is COc1ncc(Cl)cc1[N+](O)(O)Nc1ccc(F)c(Br)c1P. The molecule has 0 aliphatic carbocycles. The molecule has 0 bridgehead atoms. The van der Waals surface area contributed by atoms with Crippen LogP contribution in [0.25, 0.3) is 0 Å². The third-order valence-corrected chi connectivity index (χ3v) is 4.77. The number of anilines is 1. The van der Waals surface area contributed by atoms with E-state index in [9.17, 15) is 14.8 Å². The largest absolute Gasteiger partial charge is 0.477 e. The van der Waals surface area contributed by atoms with Crippen molar-refractivity contribution < 1.29 is 19.5 Å². The van der Waals surface area contributed by atoms with Gasteiger partial charge in [-0.15, -0.1) is 19.7 Å². The lowest BCUT2D eigenvalue weighted by Gasteiger charge is -2.23. The van der Waals surface area contributed by atoms with E-state index in [2.05, 4.69) is 35.6 Å². The predicted octanol–water partition coefficient (Wildman–Crippen LogP) is 3.26. The Kier molecular flexibility index (Phi) is 5.21. The van der Waals surface area contributed by atoms with Crippen LogP contribution >= 0.6 is 36.8 Å².